The van der Waals surface area contributed by atoms with E-state index in [9.17, 15) is 4.79 Å². The minimum Gasteiger partial charge on any atom is -0.383 e. The Bertz CT molecular complexity index is 272. The molecule has 0 spiro atoms. The Labute approximate surface area is 77.2 Å². The van der Waals surface area contributed by atoms with Crippen LogP contribution in [0.15, 0.2) is 30.3 Å². The van der Waals surface area contributed by atoms with E-state index in [4.69, 9.17) is 10.8 Å². The number of hydrogen-bond donors (Lipinski definition) is 2. The number of carbonyl (C=O) groups excluding carboxylic acids is 1. The molecule has 0 saturated carbocycles. The van der Waals surface area contributed by atoms with E-state index in [-0.39, 0.29) is 0 Å². The van der Waals surface area contributed by atoms with Gasteiger partial charge in [-0.25, -0.2) is 0 Å². The lowest BCUT2D eigenvalue weighted by Crippen LogP contribution is -2.29. The molecule has 1 radical (unpaired) electrons. The molecule has 1 aromatic carbocycles. The number of primary amides is 1. The van der Waals surface area contributed by atoms with E-state index in [1.54, 1.807) is 0 Å². The van der Waals surface area contributed by atoms with Crippen molar-refractivity contribution in [3.63, 3.8) is 0 Å². The van der Waals surface area contributed by atoms with Crippen LogP contribution in [0.25, 0.3) is 0 Å². The zero-order valence-corrected chi connectivity index (χ0v) is 7.18. The lowest BCUT2D eigenvalue weighted by atomic mass is 10.1. The summed E-state index contributed by atoms with van der Waals surface area (Å²) in [6.07, 6.45) is 0.878. The molecule has 0 aliphatic rings. The van der Waals surface area contributed by atoms with Crippen LogP contribution < -0.4 is 5.73 Å². The Morgan fingerprint density at radius 2 is 2.08 bits per heavy atom. The number of rotatable bonds is 4. The van der Waals surface area contributed by atoms with Gasteiger partial charge in [0, 0.05) is 6.42 Å². The molecule has 0 aromatic heterocycles. The summed E-state index contributed by atoms with van der Waals surface area (Å²) in [6.45, 7) is 0. The Hall–Kier alpha value is -1.35. The van der Waals surface area contributed by atoms with Crippen LogP contribution in [0.5, 0.6) is 0 Å². The first-order valence-corrected chi connectivity index (χ1v) is 4.05. The van der Waals surface area contributed by atoms with Gasteiger partial charge in [0.2, 0.25) is 5.91 Å². The molecule has 3 N–H and O–H groups in total. The van der Waals surface area contributed by atoms with E-state index < -0.39 is 12.0 Å². The lowest BCUT2D eigenvalue weighted by Gasteiger charge is -2.04. The van der Waals surface area contributed by atoms with Crippen LogP contribution >= 0.6 is 0 Å². The molecule has 13 heavy (non-hydrogen) atoms. The third-order valence-corrected chi connectivity index (χ3v) is 1.71. The first-order chi connectivity index (χ1) is 6.20. The van der Waals surface area contributed by atoms with Crippen LogP contribution in [0.2, 0.25) is 0 Å². The molecule has 0 saturated heterocycles. The third kappa shape index (κ3) is 3.25. The smallest absolute Gasteiger partial charge is 0.246 e. The third-order valence-electron chi connectivity index (χ3n) is 1.71. The van der Waals surface area contributed by atoms with Gasteiger partial charge in [-0.3, -0.25) is 4.79 Å². The highest BCUT2D eigenvalue weighted by atomic mass is 16.3. The normalized spacial score (nSPS) is 12.4. The van der Waals surface area contributed by atoms with Gasteiger partial charge >= 0.3 is 0 Å². The first-order valence-electron chi connectivity index (χ1n) is 4.05. The maximum Gasteiger partial charge on any atom is 0.246 e. The van der Waals surface area contributed by atoms with Crippen LogP contribution in [0.4, 0.5) is 0 Å². The Morgan fingerprint density at radius 3 is 2.62 bits per heavy atom. The number of hydrogen-bond acceptors (Lipinski definition) is 2. The highest BCUT2D eigenvalue weighted by molar-refractivity contribution is 5.79. The van der Waals surface area contributed by atoms with Crippen molar-refractivity contribution in [1.29, 1.82) is 0 Å². The number of carbonyl (C=O) groups is 1. The van der Waals surface area contributed by atoms with Gasteiger partial charge in [-0.1, -0.05) is 30.3 Å². The van der Waals surface area contributed by atoms with E-state index >= 15 is 0 Å². The second-order valence-corrected chi connectivity index (χ2v) is 2.77. The van der Waals surface area contributed by atoms with Crippen LogP contribution in [0.1, 0.15) is 5.56 Å². The van der Waals surface area contributed by atoms with E-state index in [0.29, 0.717) is 6.42 Å². The van der Waals surface area contributed by atoms with Crippen LogP contribution in [0, 0.1) is 6.42 Å². The Morgan fingerprint density at radius 1 is 1.46 bits per heavy atom. The number of nitrogens with two attached hydrogens (primary N) is 1. The van der Waals surface area contributed by atoms with Gasteiger partial charge in [0.05, 0.1) is 0 Å². The average Bonchev–Trinajstić information content (AvgIpc) is 2.15. The molecule has 0 unspecified atom stereocenters. The second-order valence-electron chi connectivity index (χ2n) is 2.77. The fourth-order valence-corrected chi connectivity index (χ4v) is 0.978. The predicted octanol–water partition coefficient (Wildman–Crippen LogP) is 0.280. The summed E-state index contributed by atoms with van der Waals surface area (Å²) in [5, 5.41) is 9.06. The molecule has 0 aliphatic carbocycles. The molecule has 1 rings (SSSR count). The topological polar surface area (TPSA) is 63.3 Å². The molecule has 1 aromatic rings. The summed E-state index contributed by atoms with van der Waals surface area (Å²) in [5.74, 6) is -0.712. The van der Waals surface area contributed by atoms with Crippen molar-refractivity contribution in [1.82, 2.24) is 0 Å². The highest BCUT2D eigenvalue weighted by Crippen LogP contribution is 2.03. The van der Waals surface area contributed by atoms with Gasteiger partial charge in [-0.15, -0.1) is 0 Å². The van der Waals surface area contributed by atoms with E-state index in [0.717, 1.165) is 5.56 Å². The molecule has 0 heterocycles. The number of aliphatic hydroxyl groups is 1. The number of benzene rings is 1. The van der Waals surface area contributed by atoms with Crippen LogP contribution in [-0.2, 0) is 11.2 Å². The molecule has 0 bridgehead atoms. The molecule has 1 amide bonds. The minimum absolute atomic E-state index is 0.547. The van der Waals surface area contributed by atoms with Crippen molar-refractivity contribution >= 4 is 5.91 Å². The van der Waals surface area contributed by atoms with Gasteiger partial charge in [-0.05, 0) is 12.0 Å². The molecular formula is C10H12NO2. The monoisotopic (exact) mass is 178 g/mol. The summed E-state index contributed by atoms with van der Waals surface area (Å²) in [4.78, 5) is 10.5. The standard InChI is InChI=1S/C10H12NO2/c11-10(13)9(12)7-6-8-4-2-1-3-5-8/h1-5,7,9,12H,6H2,(H2,11,13)/t9-/m0/s1. The van der Waals surface area contributed by atoms with E-state index in [1.807, 2.05) is 30.3 Å². The number of amides is 1. The van der Waals surface area contributed by atoms with E-state index in [1.165, 1.54) is 6.42 Å². The van der Waals surface area contributed by atoms with Crippen molar-refractivity contribution in [2.45, 2.75) is 12.5 Å². The van der Waals surface area contributed by atoms with Gasteiger partial charge in [0.25, 0.3) is 0 Å². The molecular weight excluding hydrogens is 166 g/mol. The minimum atomic E-state index is -1.15. The Balaban J connectivity index is 2.39. The SMILES string of the molecule is NC(=O)[C@@H](O)[CH]Cc1ccccc1. The van der Waals surface area contributed by atoms with Crippen molar-refractivity contribution in [2.24, 2.45) is 5.73 Å². The lowest BCUT2D eigenvalue weighted by molar-refractivity contribution is -0.124. The summed E-state index contributed by atoms with van der Waals surface area (Å²) < 4.78 is 0. The fourth-order valence-electron chi connectivity index (χ4n) is 0.978. The van der Waals surface area contributed by atoms with Gasteiger partial charge < -0.3 is 10.8 Å². The first kappa shape index (κ1) is 9.74. The van der Waals surface area contributed by atoms with Gasteiger partial charge in [0.1, 0.15) is 6.10 Å². The summed E-state index contributed by atoms with van der Waals surface area (Å²) in [7, 11) is 0. The molecule has 3 nitrogen and oxygen atoms in total. The van der Waals surface area contributed by atoms with E-state index in [2.05, 4.69) is 0 Å². The maximum absolute atomic E-state index is 10.5. The van der Waals surface area contributed by atoms with Gasteiger partial charge in [-0.2, -0.15) is 0 Å². The quantitative estimate of drug-likeness (QED) is 0.695. The summed E-state index contributed by atoms with van der Waals surface area (Å²) >= 11 is 0. The summed E-state index contributed by atoms with van der Waals surface area (Å²) in [5.41, 5.74) is 5.92. The van der Waals surface area contributed by atoms with Crippen LogP contribution in [-0.4, -0.2) is 17.1 Å². The average molecular weight is 178 g/mol. The largest absolute Gasteiger partial charge is 0.383 e. The number of aliphatic hydroxyl groups excluding tert-OH is 1. The zero-order valence-electron chi connectivity index (χ0n) is 7.18. The maximum atomic E-state index is 10.5. The fraction of sp³-hybridized carbons (Fsp3) is 0.200. The van der Waals surface area contributed by atoms with Crippen molar-refractivity contribution in [3.05, 3.63) is 42.3 Å². The second kappa shape index (κ2) is 4.62. The molecule has 3 heteroatoms. The van der Waals surface area contributed by atoms with Crippen LogP contribution in [0.3, 0.4) is 0 Å². The molecule has 0 aliphatic heterocycles. The highest BCUT2D eigenvalue weighted by Gasteiger charge is 2.10. The summed E-state index contributed by atoms with van der Waals surface area (Å²) in [6, 6.07) is 9.56. The molecule has 0 fully saturated rings. The molecule has 1 atom stereocenters. The zero-order chi connectivity index (χ0) is 9.68. The van der Waals surface area contributed by atoms with Crippen molar-refractivity contribution in [3.8, 4) is 0 Å². The van der Waals surface area contributed by atoms with Crippen molar-refractivity contribution < 1.29 is 9.90 Å². The molecule has 69 valence electrons. The Kier molecular flexibility index (Phi) is 3.46. The van der Waals surface area contributed by atoms with Gasteiger partial charge in [0.15, 0.2) is 0 Å². The van der Waals surface area contributed by atoms with Crippen molar-refractivity contribution in [2.75, 3.05) is 0 Å². The predicted molar refractivity (Wildman–Crippen MR) is 49.6 cm³/mol.